The molecule has 102 valence electrons. The zero-order chi connectivity index (χ0) is 13.8. The van der Waals surface area contributed by atoms with Crippen LogP contribution in [0.4, 0.5) is 0 Å². The van der Waals surface area contributed by atoms with Gasteiger partial charge in [-0.2, -0.15) is 0 Å². The number of nitrogens with one attached hydrogen (secondary N) is 1. The summed E-state index contributed by atoms with van der Waals surface area (Å²) in [5.74, 6) is 6.39. The minimum atomic E-state index is -0.0958. The lowest BCUT2D eigenvalue weighted by atomic mass is 10.1. The highest BCUT2D eigenvalue weighted by Gasteiger charge is 2.21. The van der Waals surface area contributed by atoms with Crippen LogP contribution >= 0.6 is 22.9 Å². The Morgan fingerprint density at radius 1 is 1.32 bits per heavy atom. The van der Waals surface area contributed by atoms with E-state index in [1.165, 1.54) is 4.88 Å². The third-order valence-corrected chi connectivity index (χ3v) is 4.15. The van der Waals surface area contributed by atoms with Gasteiger partial charge in [-0.3, -0.25) is 5.84 Å². The minimum Gasteiger partial charge on any atom is -0.489 e. The lowest BCUT2D eigenvalue weighted by molar-refractivity contribution is 0.173. The molecule has 1 aromatic heterocycles. The number of nitrogens with two attached hydrogens (primary N) is 1. The molecule has 0 aliphatic carbocycles. The Bertz CT molecular complexity index is 544. The standard InChI is InChI=1S/C14H17ClN2OS/c1-9-6-7-13(19-9)14(17-16)10(2)18-12-5-3-4-11(15)8-12/h3-8,10,14,17H,16H2,1-2H3. The van der Waals surface area contributed by atoms with Crippen molar-refractivity contribution in [2.45, 2.75) is 26.0 Å². The molecule has 0 aliphatic heterocycles. The molecule has 0 aliphatic rings. The van der Waals surface area contributed by atoms with Gasteiger partial charge in [-0.25, -0.2) is 5.43 Å². The molecule has 0 saturated carbocycles. The van der Waals surface area contributed by atoms with Gasteiger partial charge in [-0.15, -0.1) is 11.3 Å². The summed E-state index contributed by atoms with van der Waals surface area (Å²) in [6, 6.07) is 11.5. The summed E-state index contributed by atoms with van der Waals surface area (Å²) < 4.78 is 5.89. The lowest BCUT2D eigenvalue weighted by Gasteiger charge is -2.23. The second-order valence-corrected chi connectivity index (χ2v) is 6.13. The topological polar surface area (TPSA) is 47.3 Å². The van der Waals surface area contributed by atoms with Gasteiger partial charge in [0, 0.05) is 14.8 Å². The zero-order valence-electron chi connectivity index (χ0n) is 10.9. The van der Waals surface area contributed by atoms with Crippen molar-refractivity contribution < 1.29 is 4.74 Å². The summed E-state index contributed by atoms with van der Waals surface area (Å²) in [6.45, 7) is 4.06. The van der Waals surface area contributed by atoms with E-state index in [4.69, 9.17) is 22.2 Å². The molecule has 0 spiro atoms. The molecule has 0 saturated heterocycles. The van der Waals surface area contributed by atoms with E-state index in [9.17, 15) is 0 Å². The predicted octanol–water partition coefficient (Wildman–Crippen LogP) is 3.68. The Morgan fingerprint density at radius 2 is 2.11 bits per heavy atom. The smallest absolute Gasteiger partial charge is 0.121 e. The second kappa shape index (κ2) is 6.39. The van der Waals surface area contributed by atoms with E-state index in [0.29, 0.717) is 5.02 Å². The van der Waals surface area contributed by atoms with E-state index < -0.39 is 0 Å². The summed E-state index contributed by atoms with van der Waals surface area (Å²) in [6.07, 6.45) is -0.0958. The van der Waals surface area contributed by atoms with Gasteiger partial charge in [0.1, 0.15) is 11.9 Å². The molecule has 2 unspecified atom stereocenters. The maximum atomic E-state index is 5.94. The molecule has 2 atom stereocenters. The monoisotopic (exact) mass is 296 g/mol. The van der Waals surface area contributed by atoms with Crippen LogP contribution in [-0.2, 0) is 0 Å². The number of hydrazine groups is 1. The number of ether oxygens (including phenoxy) is 1. The van der Waals surface area contributed by atoms with Crippen LogP contribution in [0.5, 0.6) is 5.75 Å². The van der Waals surface area contributed by atoms with Crippen molar-refractivity contribution in [1.29, 1.82) is 0 Å². The van der Waals surface area contributed by atoms with Crippen molar-refractivity contribution in [1.82, 2.24) is 5.43 Å². The van der Waals surface area contributed by atoms with Gasteiger partial charge >= 0.3 is 0 Å². The van der Waals surface area contributed by atoms with Gasteiger partial charge in [0.15, 0.2) is 0 Å². The van der Waals surface area contributed by atoms with Gasteiger partial charge < -0.3 is 4.74 Å². The summed E-state index contributed by atoms with van der Waals surface area (Å²) in [5.41, 5.74) is 2.82. The van der Waals surface area contributed by atoms with Crippen LogP contribution in [-0.4, -0.2) is 6.10 Å². The Balaban J connectivity index is 2.11. The molecule has 2 rings (SSSR count). The van der Waals surface area contributed by atoms with Gasteiger partial charge in [0.2, 0.25) is 0 Å². The normalized spacial score (nSPS) is 14.1. The number of halogens is 1. The third-order valence-electron chi connectivity index (χ3n) is 2.83. The zero-order valence-corrected chi connectivity index (χ0v) is 12.5. The maximum absolute atomic E-state index is 5.94. The molecule has 0 fully saturated rings. The number of hydrogen-bond donors (Lipinski definition) is 2. The summed E-state index contributed by atoms with van der Waals surface area (Å²) in [4.78, 5) is 2.42. The average molecular weight is 297 g/mol. The quantitative estimate of drug-likeness (QED) is 0.653. The fourth-order valence-corrected chi connectivity index (χ4v) is 3.10. The number of aryl methyl sites for hydroxylation is 1. The van der Waals surface area contributed by atoms with E-state index >= 15 is 0 Å². The van der Waals surface area contributed by atoms with Crippen molar-refractivity contribution >= 4 is 22.9 Å². The first-order valence-electron chi connectivity index (χ1n) is 6.05. The van der Waals surface area contributed by atoms with Gasteiger partial charge in [0.25, 0.3) is 0 Å². The van der Waals surface area contributed by atoms with Gasteiger partial charge in [-0.1, -0.05) is 17.7 Å². The first-order valence-corrected chi connectivity index (χ1v) is 7.24. The molecular formula is C14H17ClN2OS. The van der Waals surface area contributed by atoms with Gasteiger partial charge in [-0.05, 0) is 44.2 Å². The molecule has 2 aromatic rings. The van der Waals surface area contributed by atoms with Crippen LogP contribution in [0.1, 0.15) is 22.7 Å². The Hall–Kier alpha value is -1.07. The molecule has 1 aromatic carbocycles. The Morgan fingerprint density at radius 3 is 2.68 bits per heavy atom. The van der Waals surface area contributed by atoms with Crippen molar-refractivity contribution in [2.24, 2.45) is 5.84 Å². The van der Waals surface area contributed by atoms with Crippen molar-refractivity contribution in [3.63, 3.8) is 0 Å². The van der Waals surface area contributed by atoms with Crippen LogP contribution in [0.2, 0.25) is 5.02 Å². The number of benzene rings is 1. The molecule has 5 heteroatoms. The molecule has 0 radical (unpaired) electrons. The van der Waals surface area contributed by atoms with Crippen molar-refractivity contribution in [2.75, 3.05) is 0 Å². The fraction of sp³-hybridized carbons (Fsp3) is 0.286. The second-order valence-electron chi connectivity index (χ2n) is 4.37. The van der Waals surface area contributed by atoms with Crippen LogP contribution < -0.4 is 16.0 Å². The van der Waals surface area contributed by atoms with Crippen LogP contribution in [0.25, 0.3) is 0 Å². The van der Waals surface area contributed by atoms with E-state index in [1.54, 1.807) is 17.4 Å². The molecule has 1 heterocycles. The SMILES string of the molecule is Cc1ccc(C(NN)C(C)Oc2cccc(Cl)c2)s1. The summed E-state index contributed by atoms with van der Waals surface area (Å²) in [5, 5.41) is 0.661. The molecular weight excluding hydrogens is 280 g/mol. The molecule has 3 nitrogen and oxygen atoms in total. The molecule has 0 amide bonds. The van der Waals surface area contributed by atoms with Crippen molar-refractivity contribution in [3.05, 3.63) is 51.2 Å². The highest BCUT2D eigenvalue weighted by atomic mass is 35.5. The minimum absolute atomic E-state index is 0.0438. The van der Waals surface area contributed by atoms with Crippen molar-refractivity contribution in [3.8, 4) is 5.75 Å². The summed E-state index contributed by atoms with van der Waals surface area (Å²) in [7, 11) is 0. The predicted molar refractivity (Wildman–Crippen MR) is 80.7 cm³/mol. The van der Waals surface area contributed by atoms with E-state index in [-0.39, 0.29) is 12.1 Å². The average Bonchev–Trinajstić information content (AvgIpc) is 2.76. The lowest BCUT2D eigenvalue weighted by Crippen LogP contribution is -2.37. The number of rotatable bonds is 5. The van der Waals surface area contributed by atoms with E-state index in [0.717, 1.165) is 10.6 Å². The Labute approximate surface area is 122 Å². The van der Waals surface area contributed by atoms with E-state index in [2.05, 4.69) is 24.5 Å². The van der Waals surface area contributed by atoms with Crippen LogP contribution in [0.3, 0.4) is 0 Å². The molecule has 3 N–H and O–H groups in total. The van der Waals surface area contributed by atoms with Crippen LogP contribution in [0.15, 0.2) is 36.4 Å². The Kier molecular flexibility index (Phi) is 4.82. The molecule has 19 heavy (non-hydrogen) atoms. The highest BCUT2D eigenvalue weighted by Crippen LogP contribution is 2.27. The number of thiophene rings is 1. The third kappa shape index (κ3) is 3.70. The van der Waals surface area contributed by atoms with Gasteiger partial charge in [0.05, 0.1) is 6.04 Å². The molecule has 0 bridgehead atoms. The maximum Gasteiger partial charge on any atom is 0.121 e. The number of hydrogen-bond acceptors (Lipinski definition) is 4. The highest BCUT2D eigenvalue weighted by molar-refractivity contribution is 7.12. The largest absolute Gasteiger partial charge is 0.489 e. The van der Waals surface area contributed by atoms with Crippen LogP contribution in [0, 0.1) is 6.92 Å². The first-order chi connectivity index (χ1) is 9.10. The summed E-state index contributed by atoms with van der Waals surface area (Å²) >= 11 is 7.66. The van der Waals surface area contributed by atoms with E-state index in [1.807, 2.05) is 25.1 Å². The first kappa shape index (κ1) is 14.3. The fourth-order valence-electron chi connectivity index (χ4n) is 1.89.